The van der Waals surface area contributed by atoms with Crippen LogP contribution in [0.4, 0.5) is 0 Å². The van der Waals surface area contributed by atoms with E-state index >= 15 is 0 Å². The van der Waals surface area contributed by atoms with Crippen molar-refractivity contribution in [2.45, 2.75) is 32.1 Å². The molecule has 0 atom stereocenters. The zero-order chi connectivity index (χ0) is 13.8. The SMILES string of the molecule is Clc1ccc2nc(CCCCCc3ccco3)sc2c1. The molecule has 0 radical (unpaired) electrons. The summed E-state index contributed by atoms with van der Waals surface area (Å²) in [6.07, 6.45) is 7.37. The van der Waals surface area contributed by atoms with Crippen molar-refractivity contribution < 1.29 is 4.42 Å². The first-order chi connectivity index (χ1) is 9.81. The van der Waals surface area contributed by atoms with Gasteiger partial charge in [0.05, 0.1) is 21.5 Å². The van der Waals surface area contributed by atoms with Crippen LogP contribution in [0.5, 0.6) is 0 Å². The lowest BCUT2D eigenvalue weighted by Crippen LogP contribution is -1.87. The maximum atomic E-state index is 5.99. The number of furan rings is 1. The molecule has 0 aliphatic rings. The fraction of sp³-hybridized carbons (Fsp3) is 0.312. The zero-order valence-corrected chi connectivity index (χ0v) is 12.7. The Morgan fingerprint density at radius 1 is 1.10 bits per heavy atom. The van der Waals surface area contributed by atoms with Crippen LogP contribution in [-0.2, 0) is 12.8 Å². The van der Waals surface area contributed by atoms with Crippen LogP contribution in [0.2, 0.25) is 5.02 Å². The second kappa shape index (κ2) is 6.42. The molecule has 0 spiro atoms. The van der Waals surface area contributed by atoms with Crippen molar-refractivity contribution in [3.63, 3.8) is 0 Å². The molecular weight excluding hydrogens is 290 g/mol. The van der Waals surface area contributed by atoms with E-state index < -0.39 is 0 Å². The Morgan fingerprint density at radius 3 is 2.85 bits per heavy atom. The van der Waals surface area contributed by atoms with Gasteiger partial charge in [0, 0.05) is 11.4 Å². The van der Waals surface area contributed by atoms with Gasteiger partial charge in [0.2, 0.25) is 0 Å². The molecule has 2 aromatic heterocycles. The predicted octanol–water partition coefficient (Wildman–Crippen LogP) is 5.50. The van der Waals surface area contributed by atoms with Crippen LogP contribution in [0.3, 0.4) is 0 Å². The molecule has 4 heteroatoms. The summed E-state index contributed by atoms with van der Waals surface area (Å²) in [5.41, 5.74) is 1.06. The molecule has 104 valence electrons. The van der Waals surface area contributed by atoms with Crippen molar-refractivity contribution in [2.24, 2.45) is 0 Å². The van der Waals surface area contributed by atoms with E-state index in [1.807, 2.05) is 30.3 Å². The number of hydrogen-bond donors (Lipinski definition) is 0. The minimum Gasteiger partial charge on any atom is -0.469 e. The van der Waals surface area contributed by atoms with Crippen molar-refractivity contribution in [1.29, 1.82) is 0 Å². The van der Waals surface area contributed by atoms with Gasteiger partial charge in [-0.05, 0) is 49.6 Å². The summed E-state index contributed by atoms with van der Waals surface area (Å²) in [4.78, 5) is 4.64. The molecule has 3 rings (SSSR count). The Morgan fingerprint density at radius 2 is 2.00 bits per heavy atom. The van der Waals surface area contributed by atoms with E-state index in [0.717, 1.165) is 29.1 Å². The van der Waals surface area contributed by atoms with Crippen LogP contribution in [0.15, 0.2) is 41.0 Å². The second-order valence-electron chi connectivity index (χ2n) is 4.86. The highest BCUT2D eigenvalue weighted by Crippen LogP contribution is 2.26. The average Bonchev–Trinajstić information content (AvgIpc) is 3.06. The average molecular weight is 306 g/mol. The molecular formula is C16H16ClNOS. The first-order valence-electron chi connectivity index (χ1n) is 6.88. The molecule has 0 saturated heterocycles. The van der Waals surface area contributed by atoms with Crippen LogP contribution in [0.1, 0.15) is 30.0 Å². The molecule has 0 aliphatic carbocycles. The topological polar surface area (TPSA) is 26.0 Å². The Bertz CT molecular complexity index is 675. The summed E-state index contributed by atoms with van der Waals surface area (Å²) >= 11 is 7.75. The highest BCUT2D eigenvalue weighted by molar-refractivity contribution is 7.18. The van der Waals surface area contributed by atoms with Crippen molar-refractivity contribution in [1.82, 2.24) is 4.98 Å². The van der Waals surface area contributed by atoms with Crippen molar-refractivity contribution >= 4 is 33.2 Å². The number of thiazole rings is 1. The van der Waals surface area contributed by atoms with Crippen LogP contribution in [0.25, 0.3) is 10.2 Å². The van der Waals surface area contributed by atoms with Gasteiger partial charge in [0.1, 0.15) is 5.76 Å². The number of rotatable bonds is 6. The molecule has 0 unspecified atom stereocenters. The van der Waals surface area contributed by atoms with E-state index in [1.54, 1.807) is 17.6 Å². The predicted molar refractivity (Wildman–Crippen MR) is 84.6 cm³/mol. The van der Waals surface area contributed by atoms with Gasteiger partial charge in [-0.3, -0.25) is 0 Å². The first-order valence-corrected chi connectivity index (χ1v) is 8.08. The number of aryl methyl sites for hydroxylation is 2. The lowest BCUT2D eigenvalue weighted by molar-refractivity contribution is 0.495. The Balaban J connectivity index is 1.47. The van der Waals surface area contributed by atoms with Gasteiger partial charge in [0.25, 0.3) is 0 Å². The number of fused-ring (bicyclic) bond motifs is 1. The standard InChI is InChI=1S/C16H16ClNOS/c17-12-8-9-14-15(11-12)20-16(18-14)7-3-1-2-5-13-6-4-10-19-13/h4,6,8-11H,1-3,5,7H2. The highest BCUT2D eigenvalue weighted by Gasteiger charge is 2.04. The molecule has 0 amide bonds. The highest BCUT2D eigenvalue weighted by atomic mass is 35.5. The minimum atomic E-state index is 0.783. The van der Waals surface area contributed by atoms with Gasteiger partial charge in [0.15, 0.2) is 0 Å². The van der Waals surface area contributed by atoms with Gasteiger partial charge in [-0.1, -0.05) is 18.0 Å². The first kappa shape index (κ1) is 13.7. The molecule has 2 nitrogen and oxygen atoms in total. The molecule has 20 heavy (non-hydrogen) atoms. The third-order valence-corrected chi connectivity index (χ3v) is 4.60. The third-order valence-electron chi connectivity index (χ3n) is 3.29. The Labute approximate surface area is 127 Å². The van der Waals surface area contributed by atoms with Gasteiger partial charge in [-0.25, -0.2) is 4.98 Å². The number of aromatic nitrogens is 1. The quantitative estimate of drug-likeness (QED) is 0.562. The van der Waals surface area contributed by atoms with Crippen LogP contribution in [-0.4, -0.2) is 4.98 Å². The van der Waals surface area contributed by atoms with Crippen molar-refractivity contribution in [3.8, 4) is 0 Å². The Hall–Kier alpha value is -1.32. The van der Waals surface area contributed by atoms with Crippen molar-refractivity contribution in [2.75, 3.05) is 0 Å². The van der Waals surface area contributed by atoms with E-state index in [0.29, 0.717) is 0 Å². The van der Waals surface area contributed by atoms with Crippen LogP contribution >= 0.6 is 22.9 Å². The Kier molecular flexibility index (Phi) is 4.38. The molecule has 1 aromatic carbocycles. The number of hydrogen-bond acceptors (Lipinski definition) is 3. The number of benzene rings is 1. The molecule has 0 fully saturated rings. The van der Waals surface area contributed by atoms with Crippen LogP contribution in [0, 0.1) is 0 Å². The van der Waals surface area contributed by atoms with Gasteiger partial charge < -0.3 is 4.42 Å². The van der Waals surface area contributed by atoms with E-state index in [2.05, 4.69) is 4.98 Å². The second-order valence-corrected chi connectivity index (χ2v) is 6.41. The smallest absolute Gasteiger partial charge is 0.103 e. The van der Waals surface area contributed by atoms with Crippen molar-refractivity contribution in [3.05, 3.63) is 52.4 Å². The van der Waals surface area contributed by atoms with Crippen LogP contribution < -0.4 is 0 Å². The molecule has 0 bridgehead atoms. The van der Waals surface area contributed by atoms with Gasteiger partial charge in [-0.2, -0.15) is 0 Å². The van der Waals surface area contributed by atoms with Gasteiger partial charge in [-0.15, -0.1) is 11.3 Å². The number of halogens is 1. The molecule has 0 saturated carbocycles. The maximum absolute atomic E-state index is 5.99. The molecule has 0 aliphatic heterocycles. The summed E-state index contributed by atoms with van der Waals surface area (Å²) in [6, 6.07) is 9.87. The largest absolute Gasteiger partial charge is 0.469 e. The summed E-state index contributed by atoms with van der Waals surface area (Å²) in [7, 11) is 0. The van der Waals surface area contributed by atoms with E-state index in [9.17, 15) is 0 Å². The summed E-state index contributed by atoms with van der Waals surface area (Å²) in [5, 5.41) is 1.99. The van der Waals surface area contributed by atoms with Gasteiger partial charge >= 0.3 is 0 Å². The third kappa shape index (κ3) is 3.41. The zero-order valence-electron chi connectivity index (χ0n) is 11.1. The van der Waals surface area contributed by atoms with E-state index in [-0.39, 0.29) is 0 Å². The molecule has 0 N–H and O–H groups in total. The van der Waals surface area contributed by atoms with E-state index in [1.165, 1.54) is 29.0 Å². The number of unbranched alkanes of at least 4 members (excludes halogenated alkanes) is 2. The molecule has 2 heterocycles. The normalized spacial score (nSPS) is 11.2. The summed E-state index contributed by atoms with van der Waals surface area (Å²) in [6.45, 7) is 0. The summed E-state index contributed by atoms with van der Waals surface area (Å²) in [5.74, 6) is 1.08. The fourth-order valence-electron chi connectivity index (χ4n) is 2.26. The monoisotopic (exact) mass is 305 g/mol. The lowest BCUT2D eigenvalue weighted by Gasteiger charge is -1.97. The molecule has 3 aromatic rings. The fourth-order valence-corrected chi connectivity index (χ4v) is 3.55. The minimum absolute atomic E-state index is 0.783. The summed E-state index contributed by atoms with van der Waals surface area (Å²) < 4.78 is 6.51. The lowest BCUT2D eigenvalue weighted by atomic mass is 10.1. The van der Waals surface area contributed by atoms with E-state index in [4.69, 9.17) is 16.0 Å². The maximum Gasteiger partial charge on any atom is 0.103 e. The number of nitrogens with zero attached hydrogens (tertiary/aromatic N) is 1.